The number of alkyl carbamates (subject to hydrolysis) is 1. The number of hydrazine groups is 1. The fourth-order valence-corrected chi connectivity index (χ4v) is 4.96. The number of amides is 5. The Morgan fingerprint density at radius 1 is 1.00 bits per heavy atom. The van der Waals surface area contributed by atoms with E-state index >= 15 is 0 Å². The van der Waals surface area contributed by atoms with Crippen LogP contribution in [0.1, 0.15) is 52.0 Å². The van der Waals surface area contributed by atoms with Crippen LogP contribution in [0.3, 0.4) is 0 Å². The third kappa shape index (κ3) is 7.35. The molecule has 2 bridgehead atoms. The van der Waals surface area contributed by atoms with E-state index in [1.54, 1.807) is 0 Å². The number of hydrogen-bond donors (Lipinski definition) is 3. The summed E-state index contributed by atoms with van der Waals surface area (Å²) in [5.41, 5.74) is 5.36. The number of carbonyl (C=O) groups excluding carboxylic acids is 4. The topological polar surface area (TPSA) is 133 Å². The smallest absolute Gasteiger partial charge is 0.407 e. The van der Waals surface area contributed by atoms with Gasteiger partial charge in [-0.05, 0) is 52.0 Å². The molecule has 208 valence electrons. The summed E-state index contributed by atoms with van der Waals surface area (Å²) in [5, 5.41) is 4.25. The summed E-state index contributed by atoms with van der Waals surface area (Å²) in [6.45, 7) is 7.52. The highest BCUT2D eigenvalue weighted by molar-refractivity contribution is 5.90. The van der Waals surface area contributed by atoms with E-state index in [1.807, 2.05) is 56.0 Å². The molecule has 3 saturated heterocycles. The molecule has 12 heteroatoms. The van der Waals surface area contributed by atoms with Crippen LogP contribution in [0.25, 0.3) is 0 Å². The zero-order chi connectivity index (χ0) is 27.3. The number of rotatable bonds is 7. The third-order valence-corrected chi connectivity index (χ3v) is 6.84. The lowest BCUT2D eigenvalue weighted by molar-refractivity contribution is -0.140. The van der Waals surface area contributed by atoms with E-state index in [0.29, 0.717) is 45.3 Å². The van der Waals surface area contributed by atoms with Gasteiger partial charge < -0.3 is 15.0 Å². The number of nitrogens with zero attached hydrogens (tertiary/aromatic N) is 3. The Bertz CT molecular complexity index is 1010. The number of hydroxylamine groups is 2. The summed E-state index contributed by atoms with van der Waals surface area (Å²) in [4.78, 5) is 59.4. The van der Waals surface area contributed by atoms with Crippen molar-refractivity contribution in [1.29, 1.82) is 0 Å². The molecule has 0 aliphatic carbocycles. The van der Waals surface area contributed by atoms with Gasteiger partial charge in [-0.15, -0.1) is 0 Å². The molecule has 3 fully saturated rings. The number of urea groups is 1. The van der Waals surface area contributed by atoms with E-state index in [1.165, 1.54) is 9.96 Å². The van der Waals surface area contributed by atoms with Gasteiger partial charge in [-0.3, -0.25) is 30.2 Å². The first kappa shape index (κ1) is 27.6. The van der Waals surface area contributed by atoms with Crippen LogP contribution < -0.4 is 16.2 Å². The van der Waals surface area contributed by atoms with E-state index in [9.17, 15) is 19.2 Å². The van der Waals surface area contributed by atoms with Crippen LogP contribution in [-0.2, 0) is 25.8 Å². The number of fused-ring (bicyclic) bond motifs is 2. The molecule has 3 aliphatic rings. The van der Waals surface area contributed by atoms with Gasteiger partial charge in [0.15, 0.2) is 0 Å². The quantitative estimate of drug-likeness (QED) is 0.456. The summed E-state index contributed by atoms with van der Waals surface area (Å²) in [7, 11) is 0. The summed E-state index contributed by atoms with van der Waals surface area (Å²) >= 11 is 0. The number of piperidine rings is 2. The lowest BCUT2D eigenvalue weighted by Crippen LogP contribution is -2.55. The normalized spacial score (nSPS) is 22.2. The van der Waals surface area contributed by atoms with Crippen molar-refractivity contribution in [2.45, 2.75) is 76.8 Å². The predicted molar refractivity (Wildman–Crippen MR) is 137 cm³/mol. The second kappa shape index (κ2) is 12.0. The highest BCUT2D eigenvalue weighted by Crippen LogP contribution is 2.30. The Balaban J connectivity index is 1.16. The van der Waals surface area contributed by atoms with E-state index in [-0.39, 0.29) is 37.2 Å². The van der Waals surface area contributed by atoms with Crippen molar-refractivity contribution in [1.82, 2.24) is 31.0 Å². The standard InChI is InChI=1S/C26H38N6O6/c1-26(2,3)38-24(35)27-19-11-13-30(14-12-19)16-22(33)28-29-23(34)21-10-9-20-15-31(21)25(36)32(20)37-17-18-7-5-4-6-8-18/h4-8,19-21H,9-17H2,1-3H3,(H,27,35)(H,28,33)(H,29,34)/t20-,21-/m0/s1. The van der Waals surface area contributed by atoms with Crippen LogP contribution in [0.2, 0.25) is 0 Å². The highest BCUT2D eigenvalue weighted by Gasteiger charge is 2.48. The van der Waals surface area contributed by atoms with E-state index in [0.717, 1.165) is 5.56 Å². The summed E-state index contributed by atoms with van der Waals surface area (Å²) < 4.78 is 5.30. The Morgan fingerprint density at radius 2 is 1.71 bits per heavy atom. The van der Waals surface area contributed by atoms with Crippen molar-refractivity contribution in [3.63, 3.8) is 0 Å². The third-order valence-electron chi connectivity index (χ3n) is 6.84. The Morgan fingerprint density at radius 3 is 2.39 bits per heavy atom. The minimum atomic E-state index is -0.668. The van der Waals surface area contributed by atoms with Gasteiger partial charge >= 0.3 is 12.1 Å². The number of likely N-dealkylation sites (tertiary alicyclic amines) is 1. The van der Waals surface area contributed by atoms with Crippen LogP contribution in [0.5, 0.6) is 0 Å². The summed E-state index contributed by atoms with van der Waals surface area (Å²) in [6.07, 6.45) is 2.08. The number of nitrogens with one attached hydrogen (secondary N) is 3. The second-order valence-electron chi connectivity index (χ2n) is 11.0. The van der Waals surface area contributed by atoms with Crippen molar-refractivity contribution in [2.24, 2.45) is 0 Å². The van der Waals surface area contributed by atoms with Crippen LogP contribution in [0.15, 0.2) is 30.3 Å². The van der Waals surface area contributed by atoms with Crippen molar-refractivity contribution >= 4 is 23.9 Å². The minimum Gasteiger partial charge on any atom is -0.444 e. The molecule has 0 saturated carbocycles. The number of carbonyl (C=O) groups is 4. The molecule has 5 amide bonds. The SMILES string of the molecule is CC(C)(C)OC(=O)NC1CCN(CC(=O)NNC(=O)[C@@H]2CC[C@H]3CN2C(=O)N3OCc2ccccc2)CC1. The predicted octanol–water partition coefficient (Wildman–Crippen LogP) is 1.52. The Labute approximate surface area is 222 Å². The first-order valence-electron chi connectivity index (χ1n) is 13.2. The molecule has 12 nitrogen and oxygen atoms in total. The molecule has 4 rings (SSSR count). The minimum absolute atomic E-state index is 0.00627. The maximum absolute atomic E-state index is 12.9. The van der Waals surface area contributed by atoms with Gasteiger partial charge in [0.1, 0.15) is 18.2 Å². The zero-order valence-electron chi connectivity index (χ0n) is 22.3. The van der Waals surface area contributed by atoms with E-state index in [2.05, 4.69) is 16.2 Å². The molecule has 0 aromatic heterocycles. The van der Waals surface area contributed by atoms with Crippen LogP contribution in [0, 0.1) is 0 Å². The van der Waals surface area contributed by atoms with Crippen LogP contribution >= 0.6 is 0 Å². The number of hydrogen-bond acceptors (Lipinski definition) is 7. The van der Waals surface area contributed by atoms with Gasteiger partial charge in [-0.2, -0.15) is 5.06 Å². The zero-order valence-corrected chi connectivity index (χ0v) is 22.3. The molecule has 3 aliphatic heterocycles. The average Bonchev–Trinajstić information content (AvgIpc) is 3.11. The molecule has 38 heavy (non-hydrogen) atoms. The molecule has 0 spiro atoms. The summed E-state index contributed by atoms with van der Waals surface area (Å²) in [5.74, 6) is -0.763. The van der Waals surface area contributed by atoms with Crippen LogP contribution in [0.4, 0.5) is 9.59 Å². The van der Waals surface area contributed by atoms with E-state index < -0.39 is 23.6 Å². The molecule has 2 atom stereocenters. The highest BCUT2D eigenvalue weighted by atomic mass is 16.7. The van der Waals surface area contributed by atoms with Crippen molar-refractivity contribution in [2.75, 3.05) is 26.2 Å². The van der Waals surface area contributed by atoms with E-state index in [4.69, 9.17) is 9.57 Å². The van der Waals surface area contributed by atoms with Gasteiger partial charge in [0.25, 0.3) is 11.8 Å². The number of ether oxygens (including phenoxy) is 1. The van der Waals surface area contributed by atoms with Gasteiger partial charge in [0.05, 0.1) is 12.6 Å². The van der Waals surface area contributed by atoms with Crippen LogP contribution in [-0.4, -0.2) is 88.7 Å². The molecule has 1 aromatic rings. The first-order valence-corrected chi connectivity index (χ1v) is 13.2. The molecule has 1 aromatic carbocycles. The molecule has 3 heterocycles. The second-order valence-corrected chi connectivity index (χ2v) is 11.0. The molecular weight excluding hydrogens is 492 g/mol. The monoisotopic (exact) mass is 530 g/mol. The molecule has 3 N–H and O–H groups in total. The maximum atomic E-state index is 12.9. The van der Waals surface area contributed by atoms with Gasteiger partial charge in [0, 0.05) is 25.7 Å². The Kier molecular flexibility index (Phi) is 8.72. The lowest BCUT2D eigenvalue weighted by Gasteiger charge is -2.32. The van der Waals surface area contributed by atoms with Crippen molar-refractivity contribution in [3.8, 4) is 0 Å². The largest absolute Gasteiger partial charge is 0.444 e. The fourth-order valence-electron chi connectivity index (χ4n) is 4.96. The maximum Gasteiger partial charge on any atom is 0.407 e. The molecule has 0 unspecified atom stereocenters. The van der Waals surface area contributed by atoms with Gasteiger partial charge in [-0.1, -0.05) is 30.3 Å². The van der Waals surface area contributed by atoms with Crippen molar-refractivity contribution in [3.05, 3.63) is 35.9 Å². The van der Waals surface area contributed by atoms with Gasteiger partial charge in [0.2, 0.25) is 0 Å². The fraction of sp³-hybridized carbons (Fsp3) is 0.615. The average molecular weight is 531 g/mol. The lowest BCUT2D eigenvalue weighted by atomic mass is 10.0. The van der Waals surface area contributed by atoms with Gasteiger partial charge in [-0.25, -0.2) is 9.59 Å². The molecule has 0 radical (unpaired) electrons. The number of benzene rings is 1. The summed E-state index contributed by atoms with van der Waals surface area (Å²) in [6, 6.07) is 8.48. The molecular formula is C26H38N6O6. The first-order chi connectivity index (χ1) is 18.1. The Hall–Kier alpha value is -3.38. The van der Waals surface area contributed by atoms with Crippen molar-refractivity contribution < 1.29 is 28.8 Å².